The molecular weight excluding hydrogens is 280 g/mol. The minimum atomic E-state index is -3.72. The molecule has 2 heterocycles. The van der Waals surface area contributed by atoms with Crippen molar-refractivity contribution in [1.29, 1.82) is 0 Å². The fraction of sp³-hybridized carbons (Fsp3) is 0.500. The summed E-state index contributed by atoms with van der Waals surface area (Å²) in [6, 6.07) is 2.53. The fourth-order valence-electron chi connectivity index (χ4n) is 2.22. The Hall–Kier alpha value is -1.67. The molecule has 1 aromatic rings. The van der Waals surface area contributed by atoms with Crippen LogP contribution in [0.1, 0.15) is 19.8 Å². The Balaban J connectivity index is 2.05. The molecule has 1 aliphatic rings. The number of hydrogen-bond acceptors (Lipinski definition) is 5. The first-order chi connectivity index (χ1) is 9.40. The lowest BCUT2D eigenvalue weighted by molar-refractivity contribution is -0.127. The van der Waals surface area contributed by atoms with Crippen molar-refractivity contribution in [2.45, 2.75) is 30.7 Å². The van der Waals surface area contributed by atoms with Crippen LogP contribution in [0.3, 0.4) is 0 Å². The lowest BCUT2D eigenvalue weighted by Crippen LogP contribution is -2.42. The number of likely N-dealkylation sites (tertiary alicyclic amines) is 1. The molecule has 0 spiro atoms. The van der Waals surface area contributed by atoms with Gasteiger partial charge in [-0.15, -0.1) is 0 Å². The minimum Gasteiger partial charge on any atom is -0.383 e. The third-order valence-electron chi connectivity index (χ3n) is 3.11. The quantitative estimate of drug-likeness (QED) is 0.793. The van der Waals surface area contributed by atoms with Crippen LogP contribution in [0, 0.1) is 0 Å². The van der Waals surface area contributed by atoms with Crippen LogP contribution in [0.25, 0.3) is 0 Å². The summed E-state index contributed by atoms with van der Waals surface area (Å²) in [7, 11) is -3.72. The van der Waals surface area contributed by atoms with E-state index in [1.165, 1.54) is 18.3 Å². The molecule has 110 valence electrons. The van der Waals surface area contributed by atoms with Gasteiger partial charge in [0.25, 0.3) is 0 Å². The van der Waals surface area contributed by atoms with Crippen molar-refractivity contribution in [3.63, 3.8) is 0 Å². The van der Waals surface area contributed by atoms with Gasteiger partial charge in [0.15, 0.2) is 0 Å². The maximum Gasteiger partial charge on any atom is 0.244 e. The molecule has 7 nitrogen and oxygen atoms in total. The lowest BCUT2D eigenvalue weighted by Gasteiger charge is -2.21. The molecule has 0 aliphatic carbocycles. The zero-order valence-corrected chi connectivity index (χ0v) is 12.1. The van der Waals surface area contributed by atoms with Gasteiger partial charge in [-0.2, -0.15) is 0 Å². The number of nitrogen functional groups attached to an aromatic ring is 1. The van der Waals surface area contributed by atoms with Gasteiger partial charge in [-0.1, -0.05) is 0 Å². The number of anilines is 1. The summed E-state index contributed by atoms with van der Waals surface area (Å²) in [5.74, 6) is 0.0291. The van der Waals surface area contributed by atoms with E-state index in [0.717, 1.165) is 6.42 Å². The van der Waals surface area contributed by atoms with Gasteiger partial charge >= 0.3 is 0 Å². The highest BCUT2D eigenvalue weighted by molar-refractivity contribution is 7.89. The molecule has 1 unspecified atom stereocenters. The summed E-state index contributed by atoms with van der Waals surface area (Å²) >= 11 is 0. The number of aromatic nitrogens is 1. The zero-order valence-electron chi connectivity index (χ0n) is 11.2. The van der Waals surface area contributed by atoms with Crippen LogP contribution >= 0.6 is 0 Å². The first-order valence-corrected chi connectivity index (χ1v) is 7.89. The number of rotatable bonds is 5. The molecule has 1 amide bonds. The van der Waals surface area contributed by atoms with E-state index in [0.29, 0.717) is 19.5 Å². The summed E-state index contributed by atoms with van der Waals surface area (Å²) in [4.78, 5) is 16.9. The summed E-state index contributed by atoms with van der Waals surface area (Å²) in [5.41, 5.74) is 5.57. The highest BCUT2D eigenvalue weighted by Crippen LogP contribution is 2.15. The van der Waals surface area contributed by atoms with Gasteiger partial charge in [0.2, 0.25) is 15.9 Å². The second-order valence-corrected chi connectivity index (χ2v) is 6.53. The van der Waals surface area contributed by atoms with Crippen LogP contribution in [0.4, 0.5) is 5.82 Å². The van der Waals surface area contributed by atoms with E-state index in [9.17, 15) is 13.2 Å². The molecule has 2 rings (SSSR count). The Labute approximate surface area is 118 Å². The maximum absolute atomic E-state index is 12.2. The van der Waals surface area contributed by atoms with Crippen LogP contribution in [-0.2, 0) is 14.8 Å². The number of hydrogen-bond donors (Lipinski definition) is 2. The Kier molecular flexibility index (Phi) is 4.24. The van der Waals surface area contributed by atoms with Crippen LogP contribution in [0.5, 0.6) is 0 Å². The van der Waals surface area contributed by atoms with Gasteiger partial charge in [0.1, 0.15) is 10.7 Å². The van der Waals surface area contributed by atoms with Crippen LogP contribution in [0.2, 0.25) is 0 Å². The minimum absolute atomic E-state index is 0.0375. The topological polar surface area (TPSA) is 105 Å². The van der Waals surface area contributed by atoms with Gasteiger partial charge in [-0.25, -0.2) is 18.1 Å². The Morgan fingerprint density at radius 1 is 1.55 bits per heavy atom. The van der Waals surface area contributed by atoms with Crippen LogP contribution in [-0.4, -0.2) is 43.3 Å². The average Bonchev–Trinajstić information content (AvgIpc) is 2.74. The van der Waals surface area contributed by atoms with E-state index in [4.69, 9.17) is 5.73 Å². The third kappa shape index (κ3) is 3.26. The summed E-state index contributed by atoms with van der Waals surface area (Å²) < 4.78 is 26.9. The molecule has 8 heteroatoms. The average molecular weight is 298 g/mol. The Morgan fingerprint density at radius 2 is 2.30 bits per heavy atom. The number of pyridine rings is 1. The predicted octanol–water partition coefficient (Wildman–Crippen LogP) is -0.0470. The number of carbonyl (C=O) groups is 1. The standard InChI is InChI=1S/C12H18N4O3S/c1-9(8-16-7-3-5-11(16)17)15-20(18,19)10-4-2-6-14-12(10)13/h2,4,6,9,15H,3,5,7-8H2,1H3,(H2,13,14). The molecule has 1 aliphatic heterocycles. The monoisotopic (exact) mass is 298 g/mol. The molecule has 0 saturated carbocycles. The number of amides is 1. The lowest BCUT2D eigenvalue weighted by atomic mass is 10.3. The second-order valence-electron chi connectivity index (χ2n) is 4.85. The van der Waals surface area contributed by atoms with E-state index in [1.54, 1.807) is 11.8 Å². The van der Waals surface area contributed by atoms with Crippen molar-refractivity contribution < 1.29 is 13.2 Å². The highest BCUT2D eigenvalue weighted by Gasteiger charge is 2.25. The molecular formula is C12H18N4O3S. The first kappa shape index (κ1) is 14.7. The summed E-state index contributed by atoms with van der Waals surface area (Å²) in [5, 5.41) is 0. The van der Waals surface area contributed by atoms with Crippen molar-refractivity contribution in [3.05, 3.63) is 18.3 Å². The Bertz CT molecular complexity index is 602. The molecule has 3 N–H and O–H groups in total. The third-order valence-corrected chi connectivity index (χ3v) is 4.75. The number of nitrogens with one attached hydrogen (secondary N) is 1. The molecule has 1 saturated heterocycles. The molecule has 20 heavy (non-hydrogen) atoms. The second kappa shape index (κ2) is 5.76. The largest absolute Gasteiger partial charge is 0.383 e. The summed E-state index contributed by atoms with van der Waals surface area (Å²) in [6.45, 7) is 2.76. The smallest absolute Gasteiger partial charge is 0.244 e. The molecule has 0 radical (unpaired) electrons. The van der Waals surface area contributed by atoms with Crippen molar-refractivity contribution >= 4 is 21.7 Å². The SMILES string of the molecule is CC(CN1CCCC1=O)NS(=O)(=O)c1cccnc1N. The van der Waals surface area contributed by atoms with Gasteiger partial charge in [0.05, 0.1) is 0 Å². The van der Waals surface area contributed by atoms with Crippen molar-refractivity contribution in [1.82, 2.24) is 14.6 Å². The van der Waals surface area contributed by atoms with Gasteiger partial charge in [-0.3, -0.25) is 4.79 Å². The zero-order chi connectivity index (χ0) is 14.8. The molecule has 1 atom stereocenters. The van der Waals surface area contributed by atoms with Gasteiger partial charge in [0, 0.05) is 31.7 Å². The van der Waals surface area contributed by atoms with E-state index in [2.05, 4.69) is 9.71 Å². The number of sulfonamides is 1. The first-order valence-electron chi connectivity index (χ1n) is 6.41. The van der Waals surface area contributed by atoms with E-state index < -0.39 is 10.0 Å². The number of nitrogens with zero attached hydrogens (tertiary/aromatic N) is 2. The molecule has 1 aromatic heterocycles. The molecule has 1 fully saturated rings. The Morgan fingerprint density at radius 3 is 2.90 bits per heavy atom. The number of nitrogens with two attached hydrogens (primary N) is 1. The van der Waals surface area contributed by atoms with Crippen molar-refractivity contribution in [3.8, 4) is 0 Å². The van der Waals surface area contributed by atoms with Crippen LogP contribution < -0.4 is 10.5 Å². The molecule has 0 bridgehead atoms. The van der Waals surface area contributed by atoms with Gasteiger partial charge in [-0.05, 0) is 25.5 Å². The van der Waals surface area contributed by atoms with Crippen LogP contribution in [0.15, 0.2) is 23.2 Å². The van der Waals surface area contributed by atoms with E-state index >= 15 is 0 Å². The maximum atomic E-state index is 12.2. The molecule has 0 aromatic carbocycles. The summed E-state index contributed by atoms with van der Waals surface area (Å²) in [6.07, 6.45) is 2.80. The number of carbonyl (C=O) groups excluding carboxylic acids is 1. The van der Waals surface area contributed by atoms with Crippen molar-refractivity contribution in [2.24, 2.45) is 0 Å². The highest BCUT2D eigenvalue weighted by atomic mass is 32.2. The van der Waals surface area contributed by atoms with E-state index in [-0.39, 0.29) is 22.7 Å². The van der Waals surface area contributed by atoms with E-state index in [1.807, 2.05) is 0 Å². The predicted molar refractivity (Wildman–Crippen MR) is 74.2 cm³/mol. The fourth-order valence-corrected chi connectivity index (χ4v) is 3.54. The van der Waals surface area contributed by atoms with Crippen molar-refractivity contribution in [2.75, 3.05) is 18.8 Å². The van der Waals surface area contributed by atoms with Gasteiger partial charge < -0.3 is 10.6 Å². The normalized spacial score (nSPS) is 17.4.